The molecule has 1 aliphatic rings. The molecule has 1 atom stereocenters. The summed E-state index contributed by atoms with van der Waals surface area (Å²) in [6.45, 7) is 4.20. The molecule has 41 heavy (non-hydrogen) atoms. The van der Waals surface area contributed by atoms with Crippen molar-refractivity contribution in [3.63, 3.8) is 0 Å². The van der Waals surface area contributed by atoms with Crippen LogP contribution in [0.2, 0.25) is 0 Å². The number of benzene rings is 3. The third-order valence-corrected chi connectivity index (χ3v) is 7.59. The molecule has 3 aromatic carbocycles. The van der Waals surface area contributed by atoms with Crippen LogP contribution in [0.1, 0.15) is 31.0 Å². The number of thiazole rings is 1. The summed E-state index contributed by atoms with van der Waals surface area (Å²) in [5.41, 5.74) is 2.54. The van der Waals surface area contributed by atoms with Crippen molar-refractivity contribution < 1.29 is 24.1 Å². The summed E-state index contributed by atoms with van der Waals surface area (Å²) in [6.07, 6.45) is 1.69. The Morgan fingerprint density at radius 2 is 1.73 bits per heavy atom. The van der Waals surface area contributed by atoms with Gasteiger partial charge in [-0.15, -0.1) is 0 Å². The highest BCUT2D eigenvalue weighted by Crippen LogP contribution is 2.37. The Hall–Kier alpha value is -4.83. The zero-order valence-corrected chi connectivity index (χ0v) is 23.8. The molecule has 0 saturated heterocycles. The maximum atomic E-state index is 14.0. The van der Waals surface area contributed by atoms with E-state index in [1.807, 2.05) is 49.4 Å². The Bertz CT molecular complexity index is 1780. The van der Waals surface area contributed by atoms with Crippen LogP contribution in [0.25, 0.3) is 6.08 Å². The van der Waals surface area contributed by atoms with Crippen LogP contribution in [0.3, 0.4) is 0 Å². The SMILES string of the molecule is CCOc1ccc([C@@H]2C(C(=O)Nc3ccccc3)=C(C)N=c3s/c(=C/c4cc(OC)c(O)c(OC)c4)c(=O)n32)cc1. The van der Waals surface area contributed by atoms with Crippen molar-refractivity contribution in [1.82, 2.24) is 4.57 Å². The van der Waals surface area contributed by atoms with Crippen molar-refractivity contribution in [2.75, 3.05) is 26.1 Å². The molecule has 4 aromatic rings. The molecule has 1 aromatic heterocycles. The Morgan fingerprint density at radius 1 is 1.07 bits per heavy atom. The van der Waals surface area contributed by atoms with E-state index >= 15 is 0 Å². The number of hydrogen-bond donors (Lipinski definition) is 2. The zero-order valence-electron chi connectivity index (χ0n) is 23.0. The first-order valence-electron chi connectivity index (χ1n) is 12.9. The van der Waals surface area contributed by atoms with Gasteiger partial charge in [-0.3, -0.25) is 14.2 Å². The molecule has 10 heteroatoms. The summed E-state index contributed by atoms with van der Waals surface area (Å²) in [5.74, 6) is 0.639. The first kappa shape index (κ1) is 27.7. The van der Waals surface area contributed by atoms with Crippen molar-refractivity contribution in [3.05, 3.63) is 109 Å². The molecule has 1 amide bonds. The summed E-state index contributed by atoms with van der Waals surface area (Å²) >= 11 is 1.21. The van der Waals surface area contributed by atoms with Crippen LogP contribution in [0.4, 0.5) is 5.69 Å². The minimum atomic E-state index is -0.725. The monoisotopic (exact) mass is 571 g/mol. The largest absolute Gasteiger partial charge is 0.502 e. The molecule has 9 nitrogen and oxygen atoms in total. The van der Waals surface area contributed by atoms with Gasteiger partial charge in [-0.25, -0.2) is 4.99 Å². The van der Waals surface area contributed by atoms with E-state index in [9.17, 15) is 14.7 Å². The molecular weight excluding hydrogens is 542 g/mol. The van der Waals surface area contributed by atoms with Crippen molar-refractivity contribution in [1.29, 1.82) is 0 Å². The van der Waals surface area contributed by atoms with Crippen molar-refractivity contribution in [3.8, 4) is 23.0 Å². The number of phenolic OH excluding ortho intramolecular Hbond substituents is 1. The van der Waals surface area contributed by atoms with Gasteiger partial charge in [0.05, 0.1) is 42.7 Å². The van der Waals surface area contributed by atoms with Crippen LogP contribution in [0.15, 0.2) is 87.8 Å². The molecule has 0 unspecified atom stereocenters. The maximum absolute atomic E-state index is 14.0. The summed E-state index contributed by atoms with van der Waals surface area (Å²) in [6, 6.07) is 19.0. The van der Waals surface area contributed by atoms with Crippen molar-refractivity contribution >= 4 is 29.0 Å². The number of phenols is 1. The van der Waals surface area contributed by atoms with Gasteiger partial charge < -0.3 is 24.6 Å². The second-order valence-corrected chi connectivity index (χ2v) is 10.2. The molecule has 0 aliphatic carbocycles. The number of aromatic hydroxyl groups is 1. The van der Waals surface area contributed by atoms with Gasteiger partial charge in [0.15, 0.2) is 16.3 Å². The number of nitrogens with one attached hydrogen (secondary N) is 1. The van der Waals surface area contributed by atoms with E-state index in [0.29, 0.717) is 44.2 Å². The Labute approximate surface area is 240 Å². The van der Waals surface area contributed by atoms with E-state index in [4.69, 9.17) is 14.2 Å². The van der Waals surface area contributed by atoms with Crippen molar-refractivity contribution in [2.24, 2.45) is 4.99 Å². The molecule has 0 saturated carbocycles. The minimum Gasteiger partial charge on any atom is -0.502 e. The number of allylic oxidation sites excluding steroid dienone is 1. The normalized spacial score (nSPS) is 14.7. The van der Waals surface area contributed by atoms with Crippen LogP contribution in [0, 0.1) is 0 Å². The van der Waals surface area contributed by atoms with Gasteiger partial charge in [0.2, 0.25) is 5.75 Å². The van der Waals surface area contributed by atoms with Gasteiger partial charge in [-0.05, 0) is 67.4 Å². The topological polar surface area (TPSA) is 111 Å². The van der Waals surface area contributed by atoms with E-state index in [1.54, 1.807) is 41.8 Å². The maximum Gasteiger partial charge on any atom is 0.271 e. The van der Waals surface area contributed by atoms with Crippen LogP contribution in [0.5, 0.6) is 23.0 Å². The van der Waals surface area contributed by atoms with E-state index < -0.39 is 6.04 Å². The third kappa shape index (κ3) is 5.46. The molecule has 2 N–H and O–H groups in total. The molecule has 0 spiro atoms. The number of ether oxygens (including phenoxy) is 3. The summed E-state index contributed by atoms with van der Waals surface area (Å²) < 4.78 is 18.1. The first-order valence-corrected chi connectivity index (χ1v) is 13.7. The van der Waals surface area contributed by atoms with E-state index in [0.717, 1.165) is 5.56 Å². The van der Waals surface area contributed by atoms with E-state index in [1.165, 1.54) is 25.6 Å². The second-order valence-electron chi connectivity index (χ2n) is 9.18. The number of amides is 1. The average Bonchev–Trinajstić information content (AvgIpc) is 3.28. The fourth-order valence-electron chi connectivity index (χ4n) is 4.71. The lowest BCUT2D eigenvalue weighted by molar-refractivity contribution is -0.113. The predicted molar refractivity (Wildman–Crippen MR) is 158 cm³/mol. The van der Waals surface area contributed by atoms with Gasteiger partial charge >= 0.3 is 0 Å². The molecule has 210 valence electrons. The molecule has 2 heterocycles. The van der Waals surface area contributed by atoms with Gasteiger partial charge in [0.1, 0.15) is 5.75 Å². The number of anilines is 1. The third-order valence-electron chi connectivity index (χ3n) is 6.60. The number of fused-ring (bicyclic) bond motifs is 1. The number of methoxy groups -OCH3 is 2. The fourth-order valence-corrected chi connectivity index (χ4v) is 5.76. The molecule has 0 fully saturated rings. The van der Waals surface area contributed by atoms with Crippen LogP contribution in [-0.2, 0) is 4.79 Å². The number of nitrogens with zero attached hydrogens (tertiary/aromatic N) is 2. The van der Waals surface area contributed by atoms with Gasteiger partial charge in [-0.1, -0.05) is 41.7 Å². The van der Waals surface area contributed by atoms with Gasteiger partial charge in [0, 0.05) is 5.69 Å². The number of aromatic nitrogens is 1. The second kappa shape index (κ2) is 11.7. The molecule has 0 radical (unpaired) electrons. The fraction of sp³-hybridized carbons (Fsp3) is 0.194. The standard InChI is InChI=1S/C31H29N3O6S/c1-5-40-22-13-11-20(12-14-22)27-26(29(36)33-21-9-7-6-8-10-21)18(2)32-31-34(27)30(37)25(41-31)17-19-15-23(38-3)28(35)24(16-19)39-4/h6-17,27,35H,5H2,1-4H3,(H,33,36)/b25-17+/t27-/m1/s1. The van der Waals surface area contributed by atoms with E-state index in [-0.39, 0.29) is 28.7 Å². The van der Waals surface area contributed by atoms with Crippen LogP contribution >= 0.6 is 11.3 Å². The lowest BCUT2D eigenvalue weighted by Crippen LogP contribution is -2.40. The predicted octanol–water partition coefficient (Wildman–Crippen LogP) is 4.00. The molecule has 0 bridgehead atoms. The Morgan fingerprint density at radius 3 is 2.34 bits per heavy atom. The number of carbonyl (C=O) groups excluding carboxylic acids is 1. The highest BCUT2D eigenvalue weighted by atomic mass is 32.1. The highest BCUT2D eigenvalue weighted by Gasteiger charge is 2.32. The Balaban J connectivity index is 1.67. The Kier molecular flexibility index (Phi) is 7.93. The lowest BCUT2D eigenvalue weighted by atomic mass is 9.95. The number of carbonyl (C=O) groups is 1. The lowest BCUT2D eigenvalue weighted by Gasteiger charge is -2.25. The smallest absolute Gasteiger partial charge is 0.271 e. The van der Waals surface area contributed by atoms with Crippen LogP contribution in [-0.4, -0.2) is 36.4 Å². The molecule has 1 aliphatic heterocycles. The number of rotatable bonds is 8. The van der Waals surface area contributed by atoms with Crippen LogP contribution < -0.4 is 34.4 Å². The number of para-hydroxylation sites is 1. The highest BCUT2D eigenvalue weighted by molar-refractivity contribution is 7.07. The summed E-state index contributed by atoms with van der Waals surface area (Å²) in [5, 5.41) is 13.3. The van der Waals surface area contributed by atoms with Gasteiger partial charge in [-0.2, -0.15) is 0 Å². The minimum absolute atomic E-state index is 0.131. The quantitative estimate of drug-likeness (QED) is 0.331. The molecular formula is C31H29N3O6S. The summed E-state index contributed by atoms with van der Waals surface area (Å²) in [7, 11) is 2.88. The number of hydrogen-bond acceptors (Lipinski definition) is 8. The van der Waals surface area contributed by atoms with Crippen molar-refractivity contribution in [2.45, 2.75) is 19.9 Å². The summed E-state index contributed by atoms with van der Waals surface area (Å²) in [4.78, 5) is 32.8. The first-order chi connectivity index (χ1) is 19.8. The average molecular weight is 572 g/mol. The molecule has 5 rings (SSSR count). The zero-order chi connectivity index (χ0) is 29.1. The van der Waals surface area contributed by atoms with Gasteiger partial charge in [0.25, 0.3) is 11.5 Å². The van der Waals surface area contributed by atoms with E-state index in [2.05, 4.69) is 10.3 Å².